The van der Waals surface area contributed by atoms with Gasteiger partial charge in [-0.1, -0.05) is 36.9 Å². The number of carbonyl (C=O) groups excluding carboxylic acids is 3. The number of esters is 2. The van der Waals surface area contributed by atoms with Crippen LogP contribution in [0.5, 0.6) is 0 Å². The van der Waals surface area contributed by atoms with E-state index in [0.717, 1.165) is 5.56 Å². The van der Waals surface area contributed by atoms with E-state index in [-0.39, 0.29) is 24.5 Å². The number of amides is 1. The number of nitrogens with zero attached hydrogens (tertiary/aromatic N) is 1. The molecule has 2 rings (SSSR count). The monoisotopic (exact) mass is 361 g/mol. The van der Waals surface area contributed by atoms with Crippen molar-refractivity contribution < 1.29 is 28.6 Å². The maximum Gasteiger partial charge on any atom is 0.333 e. The van der Waals surface area contributed by atoms with Crippen molar-refractivity contribution >= 4 is 17.8 Å². The van der Waals surface area contributed by atoms with Crippen molar-refractivity contribution in [3.8, 4) is 0 Å². The van der Waals surface area contributed by atoms with Crippen LogP contribution in [-0.2, 0) is 28.6 Å². The summed E-state index contributed by atoms with van der Waals surface area (Å²) < 4.78 is 15.5. The van der Waals surface area contributed by atoms with Gasteiger partial charge in [-0.15, -0.1) is 0 Å². The van der Waals surface area contributed by atoms with Crippen molar-refractivity contribution in [3.05, 3.63) is 48.0 Å². The fourth-order valence-corrected chi connectivity index (χ4v) is 2.81. The molecule has 0 bridgehead atoms. The van der Waals surface area contributed by atoms with Crippen LogP contribution in [-0.4, -0.2) is 48.6 Å². The van der Waals surface area contributed by atoms with E-state index in [1.807, 2.05) is 18.2 Å². The van der Waals surface area contributed by atoms with Gasteiger partial charge in [0, 0.05) is 17.6 Å². The summed E-state index contributed by atoms with van der Waals surface area (Å²) in [5, 5.41) is 0. The van der Waals surface area contributed by atoms with Crippen molar-refractivity contribution in [2.75, 3.05) is 13.7 Å². The molecule has 7 nitrogen and oxygen atoms in total. The molecule has 0 radical (unpaired) electrons. The summed E-state index contributed by atoms with van der Waals surface area (Å²) in [6.45, 7) is 7.10. The predicted molar refractivity (Wildman–Crippen MR) is 92.8 cm³/mol. The Labute approximate surface area is 152 Å². The van der Waals surface area contributed by atoms with Crippen LogP contribution in [0.25, 0.3) is 0 Å². The molecule has 3 atom stereocenters. The molecule has 7 heteroatoms. The largest absolute Gasteiger partial charge is 0.466 e. The third kappa shape index (κ3) is 4.11. The van der Waals surface area contributed by atoms with Gasteiger partial charge in [0.2, 0.25) is 0 Å². The summed E-state index contributed by atoms with van der Waals surface area (Å²) in [4.78, 5) is 38.3. The highest BCUT2D eigenvalue weighted by Crippen LogP contribution is 2.34. The molecule has 1 fully saturated rings. The molecule has 1 saturated heterocycles. The molecule has 1 heterocycles. The molecule has 1 aliphatic heterocycles. The molecule has 1 amide bonds. The van der Waals surface area contributed by atoms with Crippen LogP contribution in [0, 0.1) is 0 Å². The highest BCUT2D eigenvalue weighted by atomic mass is 16.5. The zero-order chi connectivity index (χ0) is 19.3. The first kappa shape index (κ1) is 19.7. The molecule has 0 aromatic heterocycles. The zero-order valence-electron chi connectivity index (χ0n) is 15.1. The molecule has 26 heavy (non-hydrogen) atoms. The third-order valence-corrected chi connectivity index (χ3v) is 4.08. The second-order valence-corrected chi connectivity index (χ2v) is 5.85. The lowest BCUT2D eigenvalue weighted by Gasteiger charge is -2.30. The van der Waals surface area contributed by atoms with E-state index < -0.39 is 30.3 Å². The quantitative estimate of drug-likeness (QED) is 0.546. The smallest absolute Gasteiger partial charge is 0.333 e. The van der Waals surface area contributed by atoms with Crippen molar-refractivity contribution in [1.29, 1.82) is 0 Å². The number of benzene rings is 1. The Morgan fingerprint density at radius 3 is 2.54 bits per heavy atom. The third-order valence-electron chi connectivity index (χ3n) is 4.08. The number of rotatable bonds is 7. The van der Waals surface area contributed by atoms with Crippen LogP contribution in [0.3, 0.4) is 0 Å². The standard InChI is InChI=1S/C19H23NO6/c1-5-25-19(23)15(11-12(2)18(22)24-4)20-16(21)13(3)26-17(20)14-9-7-6-8-10-14/h6-10,13,15,17H,2,5,11H2,1,3-4H3/t13-,15+,17+/m0/s1. The molecule has 1 aromatic rings. The van der Waals surface area contributed by atoms with Gasteiger partial charge in [0.25, 0.3) is 5.91 Å². The first-order valence-corrected chi connectivity index (χ1v) is 8.36. The summed E-state index contributed by atoms with van der Waals surface area (Å²) in [5.41, 5.74) is 0.799. The summed E-state index contributed by atoms with van der Waals surface area (Å²) in [6.07, 6.45) is -1.57. The number of methoxy groups -OCH3 is 1. The SMILES string of the molecule is C=C(C[C@H](C(=O)OCC)N1C(=O)[C@H](C)O[C@@H]1c1ccccc1)C(=O)OC. The number of hydrogen-bond acceptors (Lipinski definition) is 6. The zero-order valence-corrected chi connectivity index (χ0v) is 15.1. The Hall–Kier alpha value is -2.67. The summed E-state index contributed by atoms with van der Waals surface area (Å²) in [5.74, 6) is -1.62. The topological polar surface area (TPSA) is 82.1 Å². The van der Waals surface area contributed by atoms with Crippen LogP contribution in [0.1, 0.15) is 32.1 Å². The lowest BCUT2D eigenvalue weighted by Crippen LogP contribution is -2.46. The van der Waals surface area contributed by atoms with Crippen LogP contribution in [0.4, 0.5) is 0 Å². The van der Waals surface area contributed by atoms with Crippen molar-refractivity contribution in [1.82, 2.24) is 4.90 Å². The highest BCUT2D eigenvalue weighted by molar-refractivity contribution is 5.92. The van der Waals surface area contributed by atoms with Gasteiger partial charge in [0.1, 0.15) is 12.1 Å². The fraction of sp³-hybridized carbons (Fsp3) is 0.421. The van der Waals surface area contributed by atoms with E-state index in [9.17, 15) is 14.4 Å². The summed E-state index contributed by atoms with van der Waals surface area (Å²) in [7, 11) is 1.23. The molecular weight excluding hydrogens is 338 g/mol. The normalized spacial score (nSPS) is 20.6. The van der Waals surface area contributed by atoms with Gasteiger partial charge in [-0.2, -0.15) is 0 Å². The minimum Gasteiger partial charge on any atom is -0.466 e. The second kappa shape index (κ2) is 8.62. The minimum atomic E-state index is -1.04. The van der Waals surface area contributed by atoms with Crippen LogP contribution in [0.2, 0.25) is 0 Å². The lowest BCUT2D eigenvalue weighted by atomic mass is 10.0. The Kier molecular flexibility index (Phi) is 6.52. The van der Waals surface area contributed by atoms with Crippen molar-refractivity contribution in [2.45, 2.75) is 38.6 Å². The predicted octanol–water partition coefficient (Wildman–Crippen LogP) is 1.98. The molecule has 140 valence electrons. The summed E-state index contributed by atoms with van der Waals surface area (Å²) >= 11 is 0. The Balaban J connectivity index is 2.38. The number of carbonyl (C=O) groups is 3. The van der Waals surface area contributed by atoms with Gasteiger partial charge in [-0.3, -0.25) is 9.69 Å². The van der Waals surface area contributed by atoms with Crippen LogP contribution in [0.15, 0.2) is 42.5 Å². The van der Waals surface area contributed by atoms with E-state index in [4.69, 9.17) is 9.47 Å². The van der Waals surface area contributed by atoms with E-state index in [1.54, 1.807) is 26.0 Å². The van der Waals surface area contributed by atoms with Gasteiger partial charge in [0.05, 0.1) is 13.7 Å². The van der Waals surface area contributed by atoms with Gasteiger partial charge in [-0.25, -0.2) is 9.59 Å². The van der Waals surface area contributed by atoms with Crippen molar-refractivity contribution in [3.63, 3.8) is 0 Å². The maximum atomic E-state index is 12.7. The first-order valence-electron chi connectivity index (χ1n) is 8.36. The molecule has 0 unspecified atom stereocenters. The second-order valence-electron chi connectivity index (χ2n) is 5.85. The molecule has 0 spiro atoms. The van der Waals surface area contributed by atoms with Gasteiger partial charge < -0.3 is 14.2 Å². The molecule has 0 saturated carbocycles. The maximum absolute atomic E-state index is 12.7. The fourth-order valence-electron chi connectivity index (χ4n) is 2.81. The minimum absolute atomic E-state index is 0.0738. The number of ether oxygens (including phenoxy) is 3. The number of hydrogen-bond donors (Lipinski definition) is 0. The molecule has 0 N–H and O–H groups in total. The summed E-state index contributed by atoms with van der Waals surface area (Å²) in [6, 6.07) is 8.05. The average molecular weight is 361 g/mol. The van der Waals surface area contributed by atoms with Crippen molar-refractivity contribution in [2.24, 2.45) is 0 Å². The van der Waals surface area contributed by atoms with Gasteiger partial charge in [-0.05, 0) is 13.8 Å². The molecule has 0 aliphatic carbocycles. The first-order chi connectivity index (χ1) is 12.4. The molecule has 1 aliphatic rings. The van der Waals surface area contributed by atoms with Crippen LogP contribution >= 0.6 is 0 Å². The highest BCUT2D eigenvalue weighted by Gasteiger charge is 2.46. The Morgan fingerprint density at radius 2 is 1.96 bits per heavy atom. The average Bonchev–Trinajstić information content (AvgIpc) is 2.94. The molecular formula is C19H23NO6. The molecule has 1 aromatic carbocycles. The van der Waals surface area contributed by atoms with E-state index in [1.165, 1.54) is 12.0 Å². The Bertz CT molecular complexity index is 687. The Morgan fingerprint density at radius 1 is 1.31 bits per heavy atom. The van der Waals surface area contributed by atoms with Crippen LogP contribution < -0.4 is 0 Å². The van der Waals surface area contributed by atoms with E-state index in [0.29, 0.717) is 0 Å². The van der Waals surface area contributed by atoms with E-state index in [2.05, 4.69) is 11.3 Å². The van der Waals surface area contributed by atoms with Gasteiger partial charge in [0.15, 0.2) is 6.23 Å². The van der Waals surface area contributed by atoms with E-state index >= 15 is 0 Å². The lowest BCUT2D eigenvalue weighted by molar-refractivity contribution is -0.156. The van der Waals surface area contributed by atoms with Gasteiger partial charge >= 0.3 is 11.9 Å².